The molecule has 0 aliphatic rings. The van der Waals surface area contributed by atoms with E-state index in [1.54, 1.807) is 0 Å². The van der Waals surface area contributed by atoms with Crippen LogP contribution in [0.15, 0.2) is 36.5 Å². The SMILES string of the molecule is CCCCC/C=C\C/C=C\CCCCCCCCCCCC(=O)OC[C@@H](COC(=O)CCCCCCCCCCCCCCCCCC)OC(=O)CCCCCCCCC/C=C\CCCCCCCC. The van der Waals surface area contributed by atoms with Crippen molar-refractivity contribution >= 4 is 17.9 Å². The second-order valence-corrected chi connectivity index (χ2v) is 21.0. The predicted octanol–water partition coefficient (Wildman–Crippen LogP) is 20.8. The van der Waals surface area contributed by atoms with Crippen molar-refractivity contribution in [2.75, 3.05) is 13.2 Å². The van der Waals surface area contributed by atoms with Gasteiger partial charge in [0, 0.05) is 19.3 Å². The minimum atomic E-state index is -0.774. The van der Waals surface area contributed by atoms with Gasteiger partial charge < -0.3 is 14.2 Å². The van der Waals surface area contributed by atoms with Crippen molar-refractivity contribution < 1.29 is 28.6 Å². The molecule has 0 heterocycles. The summed E-state index contributed by atoms with van der Waals surface area (Å²) in [6.07, 6.45) is 71.3. The lowest BCUT2D eigenvalue weighted by Gasteiger charge is -2.18. The molecule has 0 spiro atoms. The smallest absolute Gasteiger partial charge is 0.306 e. The Morgan fingerprint density at radius 2 is 0.514 bits per heavy atom. The van der Waals surface area contributed by atoms with Crippen molar-refractivity contribution in [1.82, 2.24) is 0 Å². The third-order valence-corrected chi connectivity index (χ3v) is 13.9. The molecule has 0 saturated heterocycles. The van der Waals surface area contributed by atoms with Gasteiger partial charge in [-0.25, -0.2) is 0 Å². The maximum absolute atomic E-state index is 12.9. The van der Waals surface area contributed by atoms with Crippen LogP contribution in [0.1, 0.15) is 335 Å². The number of rotatable bonds is 57. The Bertz CT molecular complexity index is 1170. The Morgan fingerprint density at radius 1 is 0.286 bits per heavy atom. The van der Waals surface area contributed by atoms with Crippen LogP contribution in [0.3, 0.4) is 0 Å². The molecule has 0 N–H and O–H groups in total. The zero-order chi connectivity index (χ0) is 50.7. The van der Waals surface area contributed by atoms with Crippen molar-refractivity contribution in [3.8, 4) is 0 Å². The maximum Gasteiger partial charge on any atom is 0.306 e. The topological polar surface area (TPSA) is 78.9 Å². The molecule has 410 valence electrons. The Hall–Kier alpha value is -2.37. The van der Waals surface area contributed by atoms with Gasteiger partial charge in [0.2, 0.25) is 0 Å². The first-order valence-corrected chi connectivity index (χ1v) is 31.0. The minimum absolute atomic E-state index is 0.0709. The molecule has 0 aromatic heterocycles. The van der Waals surface area contributed by atoms with Crippen LogP contribution in [0.5, 0.6) is 0 Å². The fourth-order valence-corrected chi connectivity index (χ4v) is 9.18. The second kappa shape index (κ2) is 59.2. The van der Waals surface area contributed by atoms with Crippen LogP contribution in [-0.4, -0.2) is 37.2 Å². The highest BCUT2D eigenvalue weighted by Gasteiger charge is 2.19. The summed E-state index contributed by atoms with van der Waals surface area (Å²) >= 11 is 0. The number of esters is 3. The lowest BCUT2D eigenvalue weighted by atomic mass is 10.0. The Morgan fingerprint density at radius 3 is 0.829 bits per heavy atom. The minimum Gasteiger partial charge on any atom is -0.462 e. The average molecular weight is 984 g/mol. The van der Waals surface area contributed by atoms with Crippen LogP contribution in [0.4, 0.5) is 0 Å². The van der Waals surface area contributed by atoms with Gasteiger partial charge >= 0.3 is 17.9 Å². The molecule has 0 rings (SSSR count). The van der Waals surface area contributed by atoms with Gasteiger partial charge in [0.15, 0.2) is 6.10 Å². The van der Waals surface area contributed by atoms with Crippen molar-refractivity contribution in [1.29, 1.82) is 0 Å². The maximum atomic E-state index is 12.9. The number of carbonyl (C=O) groups excluding carboxylic acids is 3. The number of hydrogen-bond donors (Lipinski definition) is 0. The lowest BCUT2D eigenvalue weighted by molar-refractivity contribution is -0.167. The van der Waals surface area contributed by atoms with Crippen LogP contribution < -0.4 is 0 Å². The van der Waals surface area contributed by atoms with Gasteiger partial charge in [0.25, 0.3) is 0 Å². The second-order valence-electron chi connectivity index (χ2n) is 21.0. The number of allylic oxidation sites excluding steroid dienone is 6. The first-order chi connectivity index (χ1) is 34.5. The van der Waals surface area contributed by atoms with Crippen molar-refractivity contribution in [2.45, 2.75) is 341 Å². The number of ether oxygens (including phenoxy) is 3. The van der Waals surface area contributed by atoms with E-state index in [1.807, 2.05) is 0 Å². The van der Waals surface area contributed by atoms with Crippen LogP contribution in [0.2, 0.25) is 0 Å². The average Bonchev–Trinajstić information content (AvgIpc) is 3.36. The van der Waals surface area contributed by atoms with E-state index >= 15 is 0 Å². The number of carbonyl (C=O) groups is 3. The zero-order valence-corrected chi connectivity index (χ0v) is 47.1. The Balaban J connectivity index is 4.34. The molecule has 0 fully saturated rings. The first kappa shape index (κ1) is 67.6. The standard InChI is InChI=1S/C64H118O6/c1-4-7-10-13-16-19-22-25-28-31-32-34-36-39-42-45-48-51-54-57-63(66)69-60-61(59-68-62(65)56-53-50-47-44-41-38-35-30-27-24-21-18-15-12-9-6-3)70-64(67)58-55-52-49-46-43-40-37-33-29-26-23-20-17-14-11-8-5-2/h16,19,25-26,28-29,61H,4-15,17-18,20-24,27,30-60H2,1-3H3/b19-16-,28-25-,29-26-/t61-/m1/s1. The summed E-state index contributed by atoms with van der Waals surface area (Å²) in [5.41, 5.74) is 0. The van der Waals surface area contributed by atoms with Crippen LogP contribution >= 0.6 is 0 Å². The molecule has 6 nitrogen and oxygen atoms in total. The van der Waals surface area contributed by atoms with E-state index in [-0.39, 0.29) is 31.1 Å². The van der Waals surface area contributed by atoms with Crippen molar-refractivity contribution in [3.63, 3.8) is 0 Å². The van der Waals surface area contributed by atoms with E-state index in [0.29, 0.717) is 19.3 Å². The normalized spacial score (nSPS) is 12.2. The van der Waals surface area contributed by atoms with Crippen LogP contribution in [0.25, 0.3) is 0 Å². The summed E-state index contributed by atoms with van der Waals surface area (Å²) in [5, 5.41) is 0. The highest BCUT2D eigenvalue weighted by Crippen LogP contribution is 2.17. The van der Waals surface area contributed by atoms with Gasteiger partial charge in [-0.1, -0.05) is 276 Å². The van der Waals surface area contributed by atoms with Crippen LogP contribution in [-0.2, 0) is 28.6 Å². The summed E-state index contributed by atoms with van der Waals surface area (Å²) in [7, 11) is 0. The molecule has 0 bridgehead atoms. The van der Waals surface area contributed by atoms with E-state index < -0.39 is 6.10 Å². The van der Waals surface area contributed by atoms with E-state index in [9.17, 15) is 14.4 Å². The molecule has 0 aromatic rings. The molecule has 1 atom stereocenters. The molecule has 6 heteroatoms. The molecular weight excluding hydrogens is 865 g/mol. The molecule has 0 radical (unpaired) electrons. The largest absolute Gasteiger partial charge is 0.462 e. The molecule has 0 aliphatic carbocycles. The quantitative estimate of drug-likeness (QED) is 0.0261. The van der Waals surface area contributed by atoms with E-state index in [1.165, 1.54) is 231 Å². The van der Waals surface area contributed by atoms with Gasteiger partial charge in [0.05, 0.1) is 0 Å². The number of hydrogen-bond acceptors (Lipinski definition) is 6. The highest BCUT2D eigenvalue weighted by atomic mass is 16.6. The molecule has 0 aliphatic heterocycles. The first-order valence-electron chi connectivity index (χ1n) is 31.0. The summed E-state index contributed by atoms with van der Waals surface area (Å²) in [4.78, 5) is 38.3. The third-order valence-electron chi connectivity index (χ3n) is 13.9. The van der Waals surface area contributed by atoms with Crippen molar-refractivity contribution in [2.24, 2.45) is 0 Å². The fourth-order valence-electron chi connectivity index (χ4n) is 9.18. The van der Waals surface area contributed by atoms with Gasteiger partial charge in [-0.05, 0) is 77.0 Å². The lowest BCUT2D eigenvalue weighted by Crippen LogP contribution is -2.30. The highest BCUT2D eigenvalue weighted by molar-refractivity contribution is 5.71. The van der Waals surface area contributed by atoms with Crippen molar-refractivity contribution in [3.05, 3.63) is 36.5 Å². The molecule has 0 saturated carbocycles. The van der Waals surface area contributed by atoms with Gasteiger partial charge in [-0.15, -0.1) is 0 Å². The molecule has 70 heavy (non-hydrogen) atoms. The van der Waals surface area contributed by atoms with E-state index in [4.69, 9.17) is 14.2 Å². The monoisotopic (exact) mass is 983 g/mol. The molecule has 0 unspecified atom stereocenters. The summed E-state index contributed by atoms with van der Waals surface area (Å²) in [5.74, 6) is -0.858. The number of unbranched alkanes of at least 4 members (excludes halogenated alkanes) is 40. The molecular formula is C64H118O6. The fraction of sp³-hybridized carbons (Fsp3) is 0.859. The zero-order valence-electron chi connectivity index (χ0n) is 47.1. The van der Waals surface area contributed by atoms with Gasteiger partial charge in [-0.3, -0.25) is 14.4 Å². The Labute approximate surface area is 435 Å². The summed E-state index contributed by atoms with van der Waals surface area (Å²) in [6.45, 7) is 6.66. The Kier molecular flexibility index (Phi) is 57.2. The van der Waals surface area contributed by atoms with E-state index in [0.717, 1.165) is 64.2 Å². The van der Waals surface area contributed by atoms with Gasteiger partial charge in [-0.2, -0.15) is 0 Å². The van der Waals surface area contributed by atoms with E-state index in [2.05, 4.69) is 57.2 Å². The van der Waals surface area contributed by atoms with Gasteiger partial charge in [0.1, 0.15) is 13.2 Å². The summed E-state index contributed by atoms with van der Waals surface area (Å²) < 4.78 is 16.9. The molecule has 0 aromatic carbocycles. The summed E-state index contributed by atoms with van der Waals surface area (Å²) in [6, 6.07) is 0. The molecule has 0 amide bonds. The third kappa shape index (κ3) is 56.5. The predicted molar refractivity (Wildman–Crippen MR) is 302 cm³/mol. The van der Waals surface area contributed by atoms with Crippen LogP contribution in [0, 0.1) is 0 Å².